The number of carbonyl (C=O) groups excluding carboxylic acids is 1. The van der Waals surface area contributed by atoms with E-state index in [4.69, 9.17) is 11.6 Å². The van der Waals surface area contributed by atoms with Crippen LogP contribution in [-0.4, -0.2) is 42.0 Å². The van der Waals surface area contributed by atoms with Crippen LogP contribution in [-0.2, 0) is 0 Å². The van der Waals surface area contributed by atoms with E-state index < -0.39 is 0 Å². The summed E-state index contributed by atoms with van der Waals surface area (Å²) >= 11 is 6.27. The molecule has 0 radical (unpaired) electrons. The number of halogens is 1. The molecule has 1 N–H and O–H groups in total. The molecule has 1 aromatic carbocycles. The first-order chi connectivity index (χ1) is 11.5. The Kier molecular flexibility index (Phi) is 4.88. The molecule has 2 aromatic rings. The monoisotopic (exact) mass is 343 g/mol. The number of likely N-dealkylation sites (N-methyl/N-ethyl adjacent to an activating group) is 1. The van der Waals surface area contributed by atoms with Gasteiger partial charge in [-0.15, -0.1) is 0 Å². The summed E-state index contributed by atoms with van der Waals surface area (Å²) in [7, 11) is 2.10. The first-order valence-corrected chi connectivity index (χ1v) is 8.57. The summed E-state index contributed by atoms with van der Waals surface area (Å²) in [4.78, 5) is 19.3. The molecule has 1 aromatic heterocycles. The number of aryl methyl sites for hydroxylation is 1. The van der Waals surface area contributed by atoms with Crippen LogP contribution in [0.3, 0.4) is 0 Å². The van der Waals surface area contributed by atoms with Crippen LogP contribution in [0.4, 0.5) is 0 Å². The lowest BCUT2D eigenvalue weighted by molar-refractivity contribution is 0.0944. The maximum Gasteiger partial charge on any atom is 0.254 e. The van der Waals surface area contributed by atoms with E-state index in [2.05, 4.69) is 28.3 Å². The summed E-state index contributed by atoms with van der Waals surface area (Å²) in [6.07, 6.45) is 3.17. The summed E-state index contributed by atoms with van der Waals surface area (Å²) in [5.74, 6) is -0.178. The van der Waals surface area contributed by atoms with Gasteiger partial charge in [-0.05, 0) is 44.5 Å². The standard InChI is InChI=1S/C19H22ClN3O/c1-12-5-4-6-15-11-16(18(20)22-17(12)15)19(24)21-13(2)14-7-9-23(3)10-8-14/h4-7,11,13H,8-10H2,1-3H3,(H,21,24). The summed E-state index contributed by atoms with van der Waals surface area (Å²) in [5, 5.41) is 4.23. The number of fused-ring (bicyclic) bond motifs is 1. The average molecular weight is 344 g/mol. The fourth-order valence-electron chi connectivity index (χ4n) is 3.03. The minimum atomic E-state index is -0.178. The van der Waals surface area contributed by atoms with Crippen molar-refractivity contribution in [2.45, 2.75) is 26.3 Å². The minimum absolute atomic E-state index is 0.00419. The highest BCUT2D eigenvalue weighted by molar-refractivity contribution is 6.33. The molecule has 1 unspecified atom stereocenters. The highest BCUT2D eigenvalue weighted by atomic mass is 35.5. The molecule has 0 saturated heterocycles. The van der Waals surface area contributed by atoms with Crippen molar-refractivity contribution in [3.63, 3.8) is 0 Å². The van der Waals surface area contributed by atoms with Gasteiger partial charge in [0.1, 0.15) is 5.15 Å². The molecule has 3 rings (SSSR count). The van der Waals surface area contributed by atoms with Gasteiger partial charge in [-0.2, -0.15) is 0 Å². The van der Waals surface area contributed by atoms with Crippen LogP contribution in [0.2, 0.25) is 5.15 Å². The van der Waals surface area contributed by atoms with E-state index >= 15 is 0 Å². The maximum atomic E-state index is 12.6. The van der Waals surface area contributed by atoms with E-state index in [1.807, 2.05) is 38.1 Å². The predicted octanol–water partition coefficient (Wildman–Crippen LogP) is 3.58. The van der Waals surface area contributed by atoms with Gasteiger partial charge in [0.25, 0.3) is 5.91 Å². The maximum absolute atomic E-state index is 12.6. The van der Waals surface area contributed by atoms with E-state index in [1.54, 1.807) is 0 Å². The van der Waals surface area contributed by atoms with Gasteiger partial charge < -0.3 is 10.2 Å². The molecule has 1 aliphatic heterocycles. The molecule has 1 aliphatic rings. The van der Waals surface area contributed by atoms with Crippen molar-refractivity contribution in [2.75, 3.05) is 20.1 Å². The molecular formula is C19H22ClN3O. The molecule has 1 amide bonds. The molecule has 0 aliphatic carbocycles. The van der Waals surface area contributed by atoms with E-state index in [0.29, 0.717) is 5.56 Å². The summed E-state index contributed by atoms with van der Waals surface area (Å²) in [6, 6.07) is 7.71. The zero-order chi connectivity index (χ0) is 17.3. The molecule has 0 fully saturated rings. The molecule has 0 saturated carbocycles. The first-order valence-electron chi connectivity index (χ1n) is 8.20. The Hall–Kier alpha value is -1.91. The van der Waals surface area contributed by atoms with E-state index in [1.165, 1.54) is 5.57 Å². The van der Waals surface area contributed by atoms with E-state index in [0.717, 1.165) is 36.0 Å². The largest absolute Gasteiger partial charge is 0.346 e. The SMILES string of the molecule is Cc1cccc2cc(C(=O)NC(C)C3=CCN(C)CC3)c(Cl)nc12. The molecule has 24 heavy (non-hydrogen) atoms. The molecule has 126 valence electrons. The van der Waals surface area contributed by atoms with E-state index in [-0.39, 0.29) is 17.1 Å². The second kappa shape index (κ2) is 6.91. The Bertz CT molecular complexity index is 816. The van der Waals surface area contributed by atoms with Crippen molar-refractivity contribution in [3.05, 3.63) is 52.2 Å². The Labute approximate surface area is 147 Å². The normalized spacial score (nSPS) is 16.8. The second-order valence-corrected chi connectivity index (χ2v) is 6.82. The Morgan fingerprint density at radius 1 is 1.42 bits per heavy atom. The van der Waals surface area contributed by atoms with Gasteiger partial charge in [0.05, 0.1) is 11.1 Å². The van der Waals surface area contributed by atoms with Crippen LogP contribution < -0.4 is 5.32 Å². The minimum Gasteiger partial charge on any atom is -0.346 e. The topological polar surface area (TPSA) is 45.2 Å². The number of aromatic nitrogens is 1. The second-order valence-electron chi connectivity index (χ2n) is 6.46. The summed E-state index contributed by atoms with van der Waals surface area (Å²) < 4.78 is 0. The van der Waals surface area contributed by atoms with E-state index in [9.17, 15) is 4.79 Å². The molecular weight excluding hydrogens is 322 g/mol. The zero-order valence-electron chi connectivity index (χ0n) is 14.3. The fourth-order valence-corrected chi connectivity index (χ4v) is 3.26. The Morgan fingerprint density at radius 3 is 2.92 bits per heavy atom. The van der Waals surface area contributed by atoms with Crippen molar-refractivity contribution in [3.8, 4) is 0 Å². The van der Waals surface area contributed by atoms with Gasteiger partial charge in [0.2, 0.25) is 0 Å². The molecule has 1 atom stereocenters. The van der Waals surface area contributed by atoms with Gasteiger partial charge in [-0.1, -0.05) is 35.9 Å². The quantitative estimate of drug-likeness (QED) is 0.684. The molecule has 2 heterocycles. The lowest BCUT2D eigenvalue weighted by atomic mass is 10.0. The Balaban J connectivity index is 1.82. The first kappa shape index (κ1) is 16.9. The lowest BCUT2D eigenvalue weighted by Gasteiger charge is -2.26. The van der Waals surface area contributed by atoms with Gasteiger partial charge in [-0.3, -0.25) is 4.79 Å². The van der Waals surface area contributed by atoms with Crippen LogP contribution in [0.5, 0.6) is 0 Å². The number of benzene rings is 1. The predicted molar refractivity (Wildman–Crippen MR) is 98.6 cm³/mol. The summed E-state index contributed by atoms with van der Waals surface area (Å²) in [5.41, 5.74) is 3.58. The van der Waals surface area contributed by atoms with Crippen molar-refractivity contribution in [2.24, 2.45) is 0 Å². The van der Waals surface area contributed by atoms with Crippen LogP contribution in [0, 0.1) is 6.92 Å². The van der Waals surface area contributed by atoms with Crippen LogP contribution in [0.25, 0.3) is 10.9 Å². The third-order valence-electron chi connectivity index (χ3n) is 4.60. The number of rotatable bonds is 3. The van der Waals surface area contributed by atoms with Gasteiger partial charge in [-0.25, -0.2) is 4.98 Å². The third-order valence-corrected chi connectivity index (χ3v) is 4.88. The number of nitrogens with one attached hydrogen (secondary N) is 1. The van der Waals surface area contributed by atoms with Gasteiger partial charge in [0.15, 0.2) is 0 Å². The number of pyridine rings is 1. The Morgan fingerprint density at radius 2 is 2.21 bits per heavy atom. The van der Waals surface area contributed by atoms with Crippen molar-refractivity contribution in [1.82, 2.24) is 15.2 Å². The van der Waals surface area contributed by atoms with Gasteiger partial charge >= 0.3 is 0 Å². The van der Waals surface area contributed by atoms with Crippen molar-refractivity contribution >= 4 is 28.4 Å². The number of amides is 1. The molecule has 0 bridgehead atoms. The third kappa shape index (κ3) is 3.45. The highest BCUT2D eigenvalue weighted by Gasteiger charge is 2.19. The van der Waals surface area contributed by atoms with Gasteiger partial charge in [0, 0.05) is 24.5 Å². The number of hydrogen-bond acceptors (Lipinski definition) is 3. The van der Waals surface area contributed by atoms with Crippen molar-refractivity contribution < 1.29 is 4.79 Å². The number of nitrogens with zero attached hydrogens (tertiary/aromatic N) is 2. The number of para-hydroxylation sites is 1. The molecule has 5 heteroatoms. The zero-order valence-corrected chi connectivity index (χ0v) is 15.0. The fraction of sp³-hybridized carbons (Fsp3) is 0.368. The highest BCUT2D eigenvalue weighted by Crippen LogP contribution is 2.23. The van der Waals surface area contributed by atoms with Crippen LogP contribution in [0.1, 0.15) is 29.3 Å². The molecule has 0 spiro atoms. The molecule has 4 nitrogen and oxygen atoms in total. The van der Waals surface area contributed by atoms with Crippen molar-refractivity contribution in [1.29, 1.82) is 0 Å². The smallest absolute Gasteiger partial charge is 0.254 e. The lowest BCUT2D eigenvalue weighted by Crippen LogP contribution is -2.37. The van der Waals surface area contributed by atoms with Crippen LogP contribution >= 0.6 is 11.6 Å². The number of hydrogen-bond donors (Lipinski definition) is 1. The number of carbonyl (C=O) groups is 1. The summed E-state index contributed by atoms with van der Waals surface area (Å²) in [6.45, 7) is 5.94. The average Bonchev–Trinajstić information content (AvgIpc) is 2.55. The van der Waals surface area contributed by atoms with Crippen LogP contribution in [0.15, 0.2) is 35.9 Å².